The molecular weight excluding hydrogens is 460 g/mol. The Morgan fingerprint density at radius 2 is 1.80 bits per heavy atom. The summed E-state index contributed by atoms with van der Waals surface area (Å²) in [4.78, 5) is 20.8. The predicted octanol–water partition coefficient (Wildman–Crippen LogP) is 6.17. The van der Waals surface area contributed by atoms with Crippen LogP contribution in [0.15, 0.2) is 94.0 Å². The average Bonchev–Trinajstić information content (AvgIpc) is 3.39. The molecule has 35 heavy (non-hydrogen) atoms. The largest absolute Gasteiger partial charge is 0.497 e. The fourth-order valence-corrected chi connectivity index (χ4v) is 4.57. The van der Waals surface area contributed by atoms with Gasteiger partial charge < -0.3 is 14.6 Å². The zero-order valence-corrected chi connectivity index (χ0v) is 20.4. The van der Waals surface area contributed by atoms with Gasteiger partial charge in [-0.2, -0.15) is 4.98 Å². The summed E-state index contributed by atoms with van der Waals surface area (Å²) in [5.41, 5.74) is 3.92. The number of methoxy groups -OCH3 is 1. The third-order valence-corrected chi connectivity index (χ3v) is 6.68. The second kappa shape index (κ2) is 9.68. The Balaban J connectivity index is 1.63. The number of carbonyl (C=O) groups is 1. The number of para-hydroxylation sites is 1. The lowest BCUT2D eigenvalue weighted by Crippen LogP contribution is -2.46. The normalized spacial score (nSPS) is 15.8. The molecule has 0 saturated heterocycles. The third kappa shape index (κ3) is 4.40. The van der Waals surface area contributed by atoms with Crippen molar-refractivity contribution in [3.8, 4) is 17.1 Å². The van der Waals surface area contributed by atoms with E-state index in [-0.39, 0.29) is 6.03 Å². The number of carbonyl (C=O) groups excluding carboxylic acids is 1. The second-order valence-electron chi connectivity index (χ2n) is 7.98. The van der Waals surface area contributed by atoms with E-state index in [2.05, 4.69) is 10.5 Å². The molecule has 1 aliphatic heterocycles. The standard InChI is InChI=1S/C27H24N4O3S/c1-17-23(26-29-25(30-34-26)19-8-7-11-21(16-19)33-2)24(18-12-14-22(35-3)15-13-18)28-27(32)31(17)20-9-5-4-6-10-20/h4-16,24H,1-3H3,(H,28,32). The molecule has 1 aliphatic rings. The molecule has 7 nitrogen and oxygen atoms in total. The number of hydrogen-bond donors (Lipinski definition) is 1. The molecule has 1 unspecified atom stereocenters. The van der Waals surface area contributed by atoms with Crippen molar-refractivity contribution >= 4 is 29.1 Å². The number of allylic oxidation sites excluding steroid dienone is 1. The molecule has 4 aromatic rings. The third-order valence-electron chi connectivity index (χ3n) is 5.93. The number of urea groups is 1. The molecule has 0 bridgehead atoms. The number of nitrogens with zero attached hydrogens (tertiary/aromatic N) is 3. The highest BCUT2D eigenvalue weighted by atomic mass is 32.2. The van der Waals surface area contributed by atoms with Crippen molar-refractivity contribution in [1.82, 2.24) is 15.5 Å². The van der Waals surface area contributed by atoms with Crippen LogP contribution in [-0.4, -0.2) is 29.5 Å². The van der Waals surface area contributed by atoms with Gasteiger partial charge >= 0.3 is 6.03 Å². The molecule has 1 atom stereocenters. The lowest BCUT2D eigenvalue weighted by molar-refractivity contribution is 0.244. The lowest BCUT2D eigenvalue weighted by atomic mass is 9.94. The molecule has 1 N–H and O–H groups in total. The Morgan fingerprint density at radius 3 is 2.51 bits per heavy atom. The quantitative estimate of drug-likeness (QED) is 0.330. The molecule has 0 spiro atoms. The fraction of sp³-hybridized carbons (Fsp3) is 0.148. The Labute approximate surface area is 207 Å². The SMILES string of the molecule is COc1cccc(-c2noc(C3=C(C)N(c4ccccc4)C(=O)NC3c3ccc(SC)cc3)n2)c1. The first-order valence-corrected chi connectivity index (χ1v) is 12.3. The van der Waals surface area contributed by atoms with Crippen molar-refractivity contribution in [2.45, 2.75) is 17.9 Å². The van der Waals surface area contributed by atoms with E-state index < -0.39 is 6.04 Å². The van der Waals surface area contributed by atoms with Crippen LogP contribution in [0.1, 0.15) is 24.4 Å². The summed E-state index contributed by atoms with van der Waals surface area (Å²) >= 11 is 1.67. The highest BCUT2D eigenvalue weighted by molar-refractivity contribution is 7.98. The maximum Gasteiger partial charge on any atom is 0.326 e. The number of anilines is 1. The number of rotatable bonds is 6. The van der Waals surface area contributed by atoms with E-state index in [0.29, 0.717) is 17.5 Å². The van der Waals surface area contributed by atoms with Gasteiger partial charge in [0.15, 0.2) is 0 Å². The monoisotopic (exact) mass is 484 g/mol. The molecule has 0 saturated carbocycles. The van der Waals surface area contributed by atoms with Gasteiger partial charge in [0, 0.05) is 16.2 Å². The first-order chi connectivity index (χ1) is 17.1. The summed E-state index contributed by atoms with van der Waals surface area (Å²) in [6.45, 7) is 1.90. The first-order valence-electron chi connectivity index (χ1n) is 11.1. The van der Waals surface area contributed by atoms with Crippen LogP contribution in [0.4, 0.5) is 10.5 Å². The van der Waals surface area contributed by atoms with E-state index in [4.69, 9.17) is 14.2 Å². The van der Waals surface area contributed by atoms with E-state index >= 15 is 0 Å². The Hall–Kier alpha value is -4.04. The van der Waals surface area contributed by atoms with Crippen LogP contribution >= 0.6 is 11.8 Å². The summed E-state index contributed by atoms with van der Waals surface area (Å²) in [5, 5.41) is 7.37. The van der Waals surface area contributed by atoms with Gasteiger partial charge in [-0.25, -0.2) is 4.79 Å². The molecule has 0 aliphatic carbocycles. The maximum atomic E-state index is 13.3. The molecule has 0 radical (unpaired) electrons. The number of ether oxygens (including phenoxy) is 1. The number of hydrogen-bond acceptors (Lipinski definition) is 6. The number of thioether (sulfide) groups is 1. The molecule has 0 fully saturated rings. The summed E-state index contributed by atoms with van der Waals surface area (Å²) in [6.07, 6.45) is 2.03. The van der Waals surface area contributed by atoms with Gasteiger partial charge in [-0.3, -0.25) is 4.90 Å². The summed E-state index contributed by atoms with van der Waals surface area (Å²) in [7, 11) is 1.62. The summed E-state index contributed by atoms with van der Waals surface area (Å²) in [5.74, 6) is 1.50. The van der Waals surface area contributed by atoms with Crippen LogP contribution in [0.5, 0.6) is 5.75 Å². The highest BCUT2D eigenvalue weighted by Gasteiger charge is 2.36. The van der Waals surface area contributed by atoms with Crippen LogP contribution in [0, 0.1) is 0 Å². The van der Waals surface area contributed by atoms with Crippen LogP contribution < -0.4 is 15.0 Å². The van der Waals surface area contributed by atoms with Gasteiger partial charge in [0.2, 0.25) is 5.82 Å². The summed E-state index contributed by atoms with van der Waals surface area (Å²) < 4.78 is 11.1. The van der Waals surface area contributed by atoms with Crippen molar-refractivity contribution < 1.29 is 14.1 Å². The van der Waals surface area contributed by atoms with E-state index in [1.54, 1.807) is 23.8 Å². The van der Waals surface area contributed by atoms with Crippen LogP contribution in [0.3, 0.4) is 0 Å². The Bertz CT molecular complexity index is 1380. The molecule has 2 amide bonds. The minimum absolute atomic E-state index is 0.219. The molecule has 5 rings (SSSR count). The number of amides is 2. The van der Waals surface area contributed by atoms with Gasteiger partial charge in [0.25, 0.3) is 5.89 Å². The highest BCUT2D eigenvalue weighted by Crippen LogP contribution is 2.39. The van der Waals surface area contributed by atoms with Crippen molar-refractivity contribution in [1.29, 1.82) is 0 Å². The number of benzene rings is 3. The van der Waals surface area contributed by atoms with Crippen molar-refractivity contribution in [2.75, 3.05) is 18.3 Å². The zero-order chi connectivity index (χ0) is 24.4. The van der Waals surface area contributed by atoms with Crippen LogP contribution in [0.25, 0.3) is 17.0 Å². The topological polar surface area (TPSA) is 80.5 Å². The molecule has 176 valence electrons. The van der Waals surface area contributed by atoms with E-state index in [1.165, 1.54) is 0 Å². The minimum atomic E-state index is -0.447. The van der Waals surface area contributed by atoms with Crippen LogP contribution in [-0.2, 0) is 0 Å². The van der Waals surface area contributed by atoms with Crippen molar-refractivity contribution in [3.63, 3.8) is 0 Å². The van der Waals surface area contributed by atoms with Gasteiger partial charge in [-0.1, -0.05) is 47.6 Å². The van der Waals surface area contributed by atoms with E-state index in [1.807, 2.05) is 92.0 Å². The Morgan fingerprint density at radius 1 is 1.03 bits per heavy atom. The summed E-state index contributed by atoms with van der Waals surface area (Å²) in [6, 6.07) is 24.4. The fourth-order valence-electron chi connectivity index (χ4n) is 4.17. The molecule has 2 heterocycles. The van der Waals surface area contributed by atoms with Crippen LogP contribution in [0.2, 0.25) is 0 Å². The number of nitrogens with one attached hydrogen (secondary N) is 1. The van der Waals surface area contributed by atoms with E-state index in [0.717, 1.165) is 33.0 Å². The van der Waals surface area contributed by atoms with E-state index in [9.17, 15) is 4.79 Å². The second-order valence-corrected chi connectivity index (χ2v) is 8.86. The Kier molecular flexibility index (Phi) is 6.29. The average molecular weight is 485 g/mol. The smallest absolute Gasteiger partial charge is 0.326 e. The molecular formula is C27H24N4O3S. The lowest BCUT2D eigenvalue weighted by Gasteiger charge is -2.35. The van der Waals surface area contributed by atoms with Gasteiger partial charge in [0.1, 0.15) is 5.75 Å². The zero-order valence-electron chi connectivity index (χ0n) is 19.6. The van der Waals surface area contributed by atoms with Crippen molar-refractivity contribution in [2.24, 2.45) is 0 Å². The predicted molar refractivity (Wildman–Crippen MR) is 137 cm³/mol. The van der Waals surface area contributed by atoms with Gasteiger partial charge in [-0.15, -0.1) is 11.8 Å². The number of aromatic nitrogens is 2. The maximum absolute atomic E-state index is 13.3. The van der Waals surface area contributed by atoms with Gasteiger partial charge in [-0.05, 0) is 55.1 Å². The van der Waals surface area contributed by atoms with Gasteiger partial charge in [0.05, 0.1) is 24.4 Å². The minimum Gasteiger partial charge on any atom is -0.497 e. The first kappa shape index (κ1) is 22.7. The molecule has 3 aromatic carbocycles. The molecule has 8 heteroatoms. The van der Waals surface area contributed by atoms with Crippen molar-refractivity contribution in [3.05, 3.63) is 96.0 Å². The molecule has 1 aromatic heterocycles.